The van der Waals surface area contributed by atoms with Crippen LogP contribution in [0.1, 0.15) is 33.0 Å². The van der Waals surface area contributed by atoms with Gasteiger partial charge in [0.05, 0.1) is 7.11 Å². The number of amides is 1. The highest BCUT2D eigenvalue weighted by molar-refractivity contribution is 5.95. The average Bonchev–Trinajstić information content (AvgIpc) is 2.74. The first-order chi connectivity index (χ1) is 14.5. The molecule has 0 saturated heterocycles. The molecular formula is C24H27N3O3. The smallest absolute Gasteiger partial charge is 0.257 e. The van der Waals surface area contributed by atoms with Crippen molar-refractivity contribution in [2.45, 2.75) is 33.2 Å². The van der Waals surface area contributed by atoms with Gasteiger partial charge in [-0.2, -0.15) is 0 Å². The molecule has 6 nitrogen and oxygen atoms in total. The number of pyridine rings is 2. The van der Waals surface area contributed by atoms with Gasteiger partial charge in [-0.3, -0.25) is 14.6 Å². The second-order valence-corrected chi connectivity index (χ2v) is 7.15. The van der Waals surface area contributed by atoms with Crippen LogP contribution in [0.2, 0.25) is 0 Å². The minimum Gasteiger partial charge on any atom is -0.496 e. The lowest BCUT2D eigenvalue weighted by atomic mass is 10.1. The summed E-state index contributed by atoms with van der Waals surface area (Å²) in [6.07, 6.45) is 3.07. The fourth-order valence-corrected chi connectivity index (χ4v) is 3.62. The van der Waals surface area contributed by atoms with Gasteiger partial charge in [-0.25, -0.2) is 0 Å². The number of aromatic nitrogens is 2. The quantitative estimate of drug-likeness (QED) is 0.625. The van der Waals surface area contributed by atoms with Crippen molar-refractivity contribution < 1.29 is 9.53 Å². The molecule has 3 aromatic rings. The van der Waals surface area contributed by atoms with E-state index >= 15 is 0 Å². The maximum atomic E-state index is 12.7. The molecule has 0 bridgehead atoms. The zero-order valence-electron chi connectivity index (χ0n) is 17.6. The van der Waals surface area contributed by atoms with Gasteiger partial charge in [0.15, 0.2) is 5.43 Å². The molecular weight excluding hydrogens is 378 g/mol. The van der Waals surface area contributed by atoms with Gasteiger partial charge in [0.1, 0.15) is 11.3 Å². The molecule has 6 heteroatoms. The van der Waals surface area contributed by atoms with Crippen molar-refractivity contribution in [3.05, 3.63) is 93.2 Å². The first-order valence-corrected chi connectivity index (χ1v) is 10.0. The van der Waals surface area contributed by atoms with E-state index in [-0.39, 0.29) is 16.9 Å². The Morgan fingerprint density at radius 1 is 1.10 bits per heavy atom. The Hall–Kier alpha value is -3.41. The van der Waals surface area contributed by atoms with Crippen molar-refractivity contribution in [1.82, 2.24) is 14.9 Å². The summed E-state index contributed by atoms with van der Waals surface area (Å²) in [7, 11) is 1.65. The topological polar surface area (TPSA) is 73.2 Å². The van der Waals surface area contributed by atoms with E-state index in [0.29, 0.717) is 25.2 Å². The van der Waals surface area contributed by atoms with Gasteiger partial charge in [0.25, 0.3) is 5.91 Å². The third-order valence-corrected chi connectivity index (χ3v) is 5.20. The van der Waals surface area contributed by atoms with Crippen LogP contribution in [0.25, 0.3) is 0 Å². The highest BCUT2D eigenvalue weighted by Crippen LogP contribution is 2.19. The molecule has 0 aliphatic rings. The van der Waals surface area contributed by atoms with Crippen molar-refractivity contribution in [2.24, 2.45) is 0 Å². The second-order valence-electron chi connectivity index (χ2n) is 7.15. The SMILES string of the molecule is COc1ccccc1CCn1c(C)cc(=O)c(C(=O)NCCc2ccccn2)c1C. The standard InChI is InChI=1S/C24H27N3O3/c1-17-16-21(28)23(24(29)26-14-11-20-9-6-7-13-25-20)18(2)27(17)15-12-19-8-4-5-10-22(19)30-3/h4-10,13,16H,11-12,14-15H2,1-3H3,(H,26,29). The van der Waals surface area contributed by atoms with Crippen molar-refractivity contribution in [1.29, 1.82) is 0 Å². The van der Waals surface area contributed by atoms with E-state index in [9.17, 15) is 9.59 Å². The summed E-state index contributed by atoms with van der Waals surface area (Å²) in [5, 5.41) is 2.86. The van der Waals surface area contributed by atoms with Crippen LogP contribution in [-0.2, 0) is 19.4 Å². The summed E-state index contributed by atoms with van der Waals surface area (Å²) >= 11 is 0. The van der Waals surface area contributed by atoms with E-state index in [2.05, 4.69) is 10.3 Å². The minimum atomic E-state index is -0.348. The lowest BCUT2D eigenvalue weighted by molar-refractivity contribution is 0.0951. The maximum Gasteiger partial charge on any atom is 0.257 e. The number of benzene rings is 1. The van der Waals surface area contributed by atoms with Crippen LogP contribution in [0.3, 0.4) is 0 Å². The van der Waals surface area contributed by atoms with Crippen molar-refractivity contribution >= 4 is 5.91 Å². The fourth-order valence-electron chi connectivity index (χ4n) is 3.62. The number of nitrogens with one attached hydrogen (secondary N) is 1. The normalized spacial score (nSPS) is 10.6. The van der Waals surface area contributed by atoms with Crippen molar-refractivity contribution in [3.63, 3.8) is 0 Å². The van der Waals surface area contributed by atoms with Crippen LogP contribution in [0.15, 0.2) is 59.5 Å². The molecule has 0 atom stereocenters. The molecule has 0 spiro atoms. The number of rotatable bonds is 8. The van der Waals surface area contributed by atoms with Gasteiger partial charge >= 0.3 is 0 Å². The van der Waals surface area contributed by atoms with Crippen LogP contribution >= 0.6 is 0 Å². The summed E-state index contributed by atoms with van der Waals surface area (Å²) in [4.78, 5) is 29.6. The molecule has 2 heterocycles. The Balaban J connectivity index is 1.75. The highest BCUT2D eigenvalue weighted by Gasteiger charge is 2.17. The molecule has 0 radical (unpaired) electrons. The number of methoxy groups -OCH3 is 1. The largest absolute Gasteiger partial charge is 0.496 e. The molecule has 0 aliphatic heterocycles. The van der Waals surface area contributed by atoms with E-state index in [1.807, 2.05) is 60.9 Å². The van der Waals surface area contributed by atoms with Crippen LogP contribution in [0.4, 0.5) is 0 Å². The molecule has 0 unspecified atom stereocenters. The van der Waals surface area contributed by atoms with Gasteiger partial charge in [-0.15, -0.1) is 0 Å². The number of carbonyl (C=O) groups is 1. The van der Waals surface area contributed by atoms with Crippen LogP contribution in [0.5, 0.6) is 5.75 Å². The van der Waals surface area contributed by atoms with E-state index < -0.39 is 0 Å². The molecule has 156 valence electrons. The van der Waals surface area contributed by atoms with E-state index in [1.54, 1.807) is 13.3 Å². The van der Waals surface area contributed by atoms with E-state index in [4.69, 9.17) is 4.74 Å². The van der Waals surface area contributed by atoms with Gasteiger partial charge in [-0.1, -0.05) is 24.3 Å². The Labute approximate surface area is 176 Å². The van der Waals surface area contributed by atoms with Gasteiger partial charge in [-0.05, 0) is 44.0 Å². The predicted octanol–water partition coefficient (Wildman–Crippen LogP) is 3.08. The first kappa shape index (κ1) is 21.3. The molecule has 1 amide bonds. The molecule has 0 saturated carbocycles. The van der Waals surface area contributed by atoms with Crippen molar-refractivity contribution in [3.8, 4) is 5.75 Å². The number of hydrogen-bond acceptors (Lipinski definition) is 4. The Morgan fingerprint density at radius 2 is 1.87 bits per heavy atom. The van der Waals surface area contributed by atoms with Crippen LogP contribution < -0.4 is 15.5 Å². The molecule has 0 aliphatic carbocycles. The minimum absolute atomic E-state index is 0.196. The number of carbonyl (C=O) groups excluding carboxylic acids is 1. The molecule has 1 N–H and O–H groups in total. The Morgan fingerprint density at radius 3 is 2.60 bits per heavy atom. The van der Waals surface area contributed by atoms with Gasteiger partial charge < -0.3 is 14.6 Å². The fraction of sp³-hybridized carbons (Fsp3) is 0.292. The van der Waals surface area contributed by atoms with Crippen LogP contribution in [-0.4, -0.2) is 29.1 Å². The Bertz CT molecular complexity index is 1070. The zero-order chi connectivity index (χ0) is 21.5. The maximum absolute atomic E-state index is 12.7. The molecule has 0 fully saturated rings. The molecule has 3 rings (SSSR count). The molecule has 1 aromatic carbocycles. The zero-order valence-corrected chi connectivity index (χ0v) is 17.6. The van der Waals surface area contributed by atoms with E-state index in [0.717, 1.165) is 29.1 Å². The summed E-state index contributed by atoms with van der Waals surface area (Å²) < 4.78 is 7.44. The van der Waals surface area contributed by atoms with E-state index in [1.165, 1.54) is 6.07 Å². The lowest BCUT2D eigenvalue weighted by Crippen LogP contribution is -2.33. The average molecular weight is 405 g/mol. The monoisotopic (exact) mass is 405 g/mol. The third-order valence-electron chi connectivity index (χ3n) is 5.20. The highest BCUT2D eigenvalue weighted by atomic mass is 16.5. The summed E-state index contributed by atoms with van der Waals surface area (Å²) in [5.41, 5.74) is 3.42. The number of para-hydroxylation sites is 1. The summed E-state index contributed by atoms with van der Waals surface area (Å²) in [5.74, 6) is 0.487. The molecule has 30 heavy (non-hydrogen) atoms. The molecule has 2 aromatic heterocycles. The van der Waals surface area contributed by atoms with Gasteiger partial charge in [0.2, 0.25) is 0 Å². The second kappa shape index (κ2) is 9.87. The number of aryl methyl sites for hydroxylation is 2. The lowest BCUT2D eigenvalue weighted by Gasteiger charge is -2.18. The van der Waals surface area contributed by atoms with Crippen molar-refractivity contribution in [2.75, 3.05) is 13.7 Å². The number of hydrogen-bond donors (Lipinski definition) is 1. The predicted molar refractivity (Wildman–Crippen MR) is 117 cm³/mol. The Kier molecular flexibility index (Phi) is 7.01. The summed E-state index contributed by atoms with van der Waals surface area (Å²) in [6.45, 7) is 4.78. The van der Waals surface area contributed by atoms with Gasteiger partial charge in [0, 0.05) is 48.9 Å². The number of ether oxygens (including phenoxy) is 1. The first-order valence-electron chi connectivity index (χ1n) is 10.0. The summed E-state index contributed by atoms with van der Waals surface area (Å²) in [6, 6.07) is 15.1. The number of nitrogens with zero attached hydrogens (tertiary/aromatic N) is 2. The van der Waals surface area contributed by atoms with Crippen LogP contribution in [0, 0.1) is 13.8 Å². The third kappa shape index (κ3) is 4.95.